The molecule has 0 aliphatic heterocycles. The Hall–Kier alpha value is -0.720. The first-order chi connectivity index (χ1) is 8.52. The summed E-state index contributed by atoms with van der Waals surface area (Å²) in [7, 11) is 0. The molecule has 0 saturated carbocycles. The number of rotatable bonds is 10. The largest absolute Gasteiger partial charge is 0.462 e. The van der Waals surface area contributed by atoms with Gasteiger partial charge in [0.1, 0.15) is 6.11 Å². The van der Waals surface area contributed by atoms with Crippen LogP contribution in [-0.4, -0.2) is 30.0 Å². The molecule has 0 fully saturated rings. The summed E-state index contributed by atoms with van der Waals surface area (Å²) < 4.78 is 5.56. The van der Waals surface area contributed by atoms with Gasteiger partial charge >= 0.3 is 0 Å². The summed E-state index contributed by atoms with van der Waals surface area (Å²) in [5.41, 5.74) is -0.107. The summed E-state index contributed by atoms with van der Waals surface area (Å²) in [6.45, 7) is 8.04. The number of unbranched alkanes of at least 4 members (excludes halogenated alkanes) is 1. The molecular weight excluding hydrogens is 228 g/mol. The molecule has 0 amide bonds. The summed E-state index contributed by atoms with van der Waals surface area (Å²) >= 11 is 0. The molecular formula is C15H28O3. The molecule has 3 nitrogen and oxygen atoms in total. The highest BCUT2D eigenvalue weighted by atomic mass is 16.5. The smallest absolute Gasteiger partial charge is 0.108 e. The second-order valence-electron chi connectivity index (χ2n) is 5.60. The maximum Gasteiger partial charge on any atom is 0.108 e. The zero-order chi connectivity index (χ0) is 13.9. The highest BCUT2D eigenvalue weighted by Gasteiger charge is 2.13. The lowest BCUT2D eigenvalue weighted by molar-refractivity contribution is 0.112. The molecule has 0 aliphatic carbocycles. The minimum Gasteiger partial charge on any atom is -0.462 e. The van der Waals surface area contributed by atoms with Crippen molar-refractivity contribution in [1.82, 2.24) is 0 Å². The molecule has 18 heavy (non-hydrogen) atoms. The van der Waals surface area contributed by atoms with Crippen LogP contribution in [0.2, 0.25) is 0 Å². The van der Waals surface area contributed by atoms with E-state index in [0.29, 0.717) is 5.92 Å². The number of hydrogen-bond donors (Lipinski definition) is 2. The van der Waals surface area contributed by atoms with Gasteiger partial charge in [0.15, 0.2) is 0 Å². The van der Waals surface area contributed by atoms with E-state index in [9.17, 15) is 0 Å². The summed E-state index contributed by atoms with van der Waals surface area (Å²) in [6, 6.07) is 0. The maximum absolute atomic E-state index is 8.76. The third-order valence-corrected chi connectivity index (χ3v) is 3.11. The first-order valence-corrected chi connectivity index (χ1v) is 6.86. The van der Waals surface area contributed by atoms with Gasteiger partial charge in [-0.3, -0.25) is 0 Å². The van der Waals surface area contributed by atoms with Gasteiger partial charge in [0.2, 0.25) is 0 Å². The fourth-order valence-corrected chi connectivity index (χ4v) is 1.74. The SMILES string of the molecule is CC(CCO)CCOCCCCC(C)(C)C#CO. The molecule has 106 valence electrons. The Morgan fingerprint density at radius 1 is 1.17 bits per heavy atom. The molecule has 0 heterocycles. The number of aliphatic hydroxyl groups excluding tert-OH is 2. The van der Waals surface area contributed by atoms with Crippen molar-refractivity contribution in [3.05, 3.63) is 0 Å². The summed E-state index contributed by atoms with van der Waals surface area (Å²) in [5, 5.41) is 17.3. The molecule has 0 aromatic carbocycles. The van der Waals surface area contributed by atoms with Crippen LogP contribution in [0.25, 0.3) is 0 Å². The van der Waals surface area contributed by atoms with Crippen LogP contribution in [0.3, 0.4) is 0 Å². The lowest BCUT2D eigenvalue weighted by Gasteiger charge is -2.16. The molecule has 0 aliphatic rings. The predicted octanol–water partition coefficient (Wildman–Crippen LogP) is 2.94. The molecule has 0 aromatic heterocycles. The van der Waals surface area contributed by atoms with Crippen LogP contribution in [0.1, 0.15) is 52.9 Å². The Labute approximate surface area is 112 Å². The third kappa shape index (κ3) is 10.4. The average molecular weight is 256 g/mol. The van der Waals surface area contributed by atoms with Crippen molar-refractivity contribution < 1.29 is 14.9 Å². The van der Waals surface area contributed by atoms with E-state index in [-0.39, 0.29) is 12.0 Å². The summed E-state index contributed by atoms with van der Waals surface area (Å²) in [4.78, 5) is 0. The maximum atomic E-state index is 8.76. The fraction of sp³-hybridized carbons (Fsp3) is 0.867. The van der Waals surface area contributed by atoms with Gasteiger partial charge in [-0.05, 0) is 51.9 Å². The van der Waals surface area contributed by atoms with Crippen molar-refractivity contribution in [3.63, 3.8) is 0 Å². The van der Waals surface area contributed by atoms with Crippen molar-refractivity contribution in [2.45, 2.75) is 52.9 Å². The van der Waals surface area contributed by atoms with Gasteiger partial charge in [0.05, 0.1) is 0 Å². The van der Waals surface area contributed by atoms with E-state index in [2.05, 4.69) is 12.8 Å². The molecule has 1 atom stereocenters. The van der Waals surface area contributed by atoms with Gasteiger partial charge in [0.25, 0.3) is 0 Å². The molecule has 1 unspecified atom stereocenters. The molecule has 3 heteroatoms. The lowest BCUT2D eigenvalue weighted by Crippen LogP contribution is -2.09. The van der Waals surface area contributed by atoms with E-state index in [1.54, 1.807) is 0 Å². The normalized spacial score (nSPS) is 12.9. The molecule has 2 N–H and O–H groups in total. The minimum absolute atomic E-state index is 0.107. The molecule has 0 radical (unpaired) electrons. The fourth-order valence-electron chi connectivity index (χ4n) is 1.74. The van der Waals surface area contributed by atoms with E-state index in [1.807, 2.05) is 20.0 Å². The van der Waals surface area contributed by atoms with E-state index in [0.717, 1.165) is 45.3 Å². The first-order valence-electron chi connectivity index (χ1n) is 6.86. The van der Waals surface area contributed by atoms with Crippen molar-refractivity contribution >= 4 is 0 Å². The Balaban J connectivity index is 3.38. The summed E-state index contributed by atoms with van der Waals surface area (Å²) in [5.74, 6) is 3.33. The van der Waals surface area contributed by atoms with E-state index >= 15 is 0 Å². The van der Waals surface area contributed by atoms with Gasteiger partial charge in [-0.1, -0.05) is 12.8 Å². The predicted molar refractivity (Wildman–Crippen MR) is 73.6 cm³/mol. The van der Waals surface area contributed by atoms with Crippen LogP contribution < -0.4 is 0 Å². The highest BCUT2D eigenvalue weighted by Crippen LogP contribution is 2.21. The van der Waals surface area contributed by atoms with Crippen LogP contribution in [0, 0.1) is 23.4 Å². The molecule has 0 aromatic rings. The molecule has 0 bridgehead atoms. The van der Waals surface area contributed by atoms with Gasteiger partial charge in [-0.15, -0.1) is 0 Å². The molecule has 0 rings (SSSR count). The van der Waals surface area contributed by atoms with Crippen LogP contribution in [0.15, 0.2) is 0 Å². The molecule has 0 spiro atoms. The average Bonchev–Trinajstić information content (AvgIpc) is 2.28. The van der Waals surface area contributed by atoms with Crippen molar-refractivity contribution in [2.75, 3.05) is 19.8 Å². The monoisotopic (exact) mass is 256 g/mol. The minimum atomic E-state index is -0.107. The zero-order valence-electron chi connectivity index (χ0n) is 12.0. The Kier molecular flexibility index (Phi) is 9.82. The van der Waals surface area contributed by atoms with Gasteiger partial charge in [0, 0.05) is 25.2 Å². The molecule has 0 saturated heterocycles. The van der Waals surface area contributed by atoms with Gasteiger partial charge in [-0.2, -0.15) is 0 Å². The van der Waals surface area contributed by atoms with Crippen LogP contribution in [0.5, 0.6) is 0 Å². The van der Waals surface area contributed by atoms with Crippen LogP contribution in [-0.2, 0) is 4.74 Å². The Bertz CT molecular complexity index is 250. The summed E-state index contributed by atoms with van der Waals surface area (Å²) in [6.07, 6.45) is 6.94. The lowest BCUT2D eigenvalue weighted by atomic mass is 9.88. The van der Waals surface area contributed by atoms with Gasteiger partial charge < -0.3 is 14.9 Å². The zero-order valence-corrected chi connectivity index (χ0v) is 12.0. The van der Waals surface area contributed by atoms with Crippen LogP contribution >= 0.6 is 0 Å². The van der Waals surface area contributed by atoms with Crippen molar-refractivity contribution in [3.8, 4) is 12.0 Å². The van der Waals surface area contributed by atoms with E-state index in [1.165, 1.54) is 0 Å². The third-order valence-electron chi connectivity index (χ3n) is 3.11. The van der Waals surface area contributed by atoms with Crippen LogP contribution in [0.4, 0.5) is 0 Å². The topological polar surface area (TPSA) is 49.7 Å². The highest BCUT2D eigenvalue weighted by molar-refractivity contribution is 5.03. The van der Waals surface area contributed by atoms with Crippen molar-refractivity contribution in [2.24, 2.45) is 11.3 Å². The number of hydrogen-bond acceptors (Lipinski definition) is 3. The van der Waals surface area contributed by atoms with Gasteiger partial charge in [-0.25, -0.2) is 0 Å². The number of aliphatic hydroxyl groups is 2. The number of ether oxygens (including phenoxy) is 1. The van der Waals surface area contributed by atoms with E-state index < -0.39 is 0 Å². The second-order valence-corrected chi connectivity index (χ2v) is 5.60. The standard InChI is InChI=1S/C15H28O3/c1-14(6-10-16)7-13-18-12-5-4-8-15(2,3)9-11-17/h14,16-17H,4-8,10,12-13H2,1-3H3. The Morgan fingerprint density at radius 2 is 1.89 bits per heavy atom. The van der Waals surface area contributed by atoms with Crippen molar-refractivity contribution in [1.29, 1.82) is 0 Å². The first kappa shape index (κ1) is 17.3. The quantitative estimate of drug-likeness (QED) is 0.467. The Morgan fingerprint density at radius 3 is 2.50 bits per heavy atom. The van der Waals surface area contributed by atoms with E-state index in [4.69, 9.17) is 14.9 Å². The second kappa shape index (κ2) is 10.2.